The van der Waals surface area contributed by atoms with Crippen LogP contribution in [0.2, 0.25) is 0 Å². The maximum atomic E-state index is 12.1. The summed E-state index contributed by atoms with van der Waals surface area (Å²) in [6.07, 6.45) is 0. The van der Waals surface area contributed by atoms with E-state index in [1.807, 2.05) is 43.3 Å². The third-order valence-electron chi connectivity index (χ3n) is 4.95. The summed E-state index contributed by atoms with van der Waals surface area (Å²) in [6.45, 7) is 8.11. The van der Waals surface area contributed by atoms with Crippen LogP contribution in [0.25, 0.3) is 0 Å². The second kappa shape index (κ2) is 9.30. The molecule has 1 N–H and O–H groups in total. The highest BCUT2D eigenvalue weighted by molar-refractivity contribution is 7.09. The molecule has 1 fully saturated rings. The first-order valence-corrected chi connectivity index (χ1v) is 10.7. The predicted octanol–water partition coefficient (Wildman–Crippen LogP) is 2.69. The lowest BCUT2D eigenvalue weighted by atomic mass is 10.2. The summed E-state index contributed by atoms with van der Waals surface area (Å²) < 4.78 is 5.15. The smallest absolute Gasteiger partial charge is 0.251 e. The number of carbonyl (C=O) groups is 1. The molecule has 0 bridgehead atoms. The maximum Gasteiger partial charge on any atom is 0.251 e. The molecular weight excluding hydrogens is 386 g/mol. The maximum absolute atomic E-state index is 12.1. The van der Waals surface area contributed by atoms with Crippen molar-refractivity contribution in [1.29, 1.82) is 0 Å². The fourth-order valence-corrected chi connectivity index (χ4v) is 4.13. The Morgan fingerprint density at radius 3 is 2.45 bits per heavy atom. The van der Waals surface area contributed by atoms with E-state index in [-0.39, 0.29) is 5.91 Å². The Kier molecular flexibility index (Phi) is 6.33. The Morgan fingerprint density at radius 2 is 1.79 bits per heavy atom. The number of nitrogens with one attached hydrogen (secondary N) is 1. The second-order valence-electron chi connectivity index (χ2n) is 7.26. The number of benzene rings is 1. The van der Waals surface area contributed by atoms with Crippen molar-refractivity contribution >= 4 is 17.2 Å². The van der Waals surface area contributed by atoms with Crippen molar-refractivity contribution in [1.82, 2.24) is 25.3 Å². The van der Waals surface area contributed by atoms with Crippen LogP contribution in [0.3, 0.4) is 0 Å². The number of amides is 1. The molecule has 152 valence electrons. The first kappa shape index (κ1) is 19.8. The highest BCUT2D eigenvalue weighted by Crippen LogP contribution is 2.15. The molecule has 1 saturated heterocycles. The summed E-state index contributed by atoms with van der Waals surface area (Å²) in [6, 6.07) is 11.3. The van der Waals surface area contributed by atoms with E-state index in [0.29, 0.717) is 12.1 Å². The molecule has 8 heteroatoms. The summed E-state index contributed by atoms with van der Waals surface area (Å²) >= 11 is 1.60. The van der Waals surface area contributed by atoms with Gasteiger partial charge < -0.3 is 9.84 Å². The number of hydrogen-bond donors (Lipinski definition) is 1. The van der Waals surface area contributed by atoms with Crippen LogP contribution < -0.4 is 5.32 Å². The predicted molar refractivity (Wildman–Crippen MR) is 112 cm³/mol. The molecule has 7 nitrogen and oxygen atoms in total. The normalized spacial score (nSPS) is 15.5. The molecule has 1 aliphatic heterocycles. The lowest BCUT2D eigenvalue weighted by Gasteiger charge is -2.33. The van der Waals surface area contributed by atoms with Gasteiger partial charge in [0.05, 0.1) is 17.9 Å². The molecule has 2 aromatic heterocycles. The molecule has 1 amide bonds. The molecule has 0 unspecified atom stereocenters. The van der Waals surface area contributed by atoms with Gasteiger partial charge in [-0.3, -0.25) is 14.6 Å². The van der Waals surface area contributed by atoms with Crippen LogP contribution in [0, 0.1) is 6.92 Å². The second-order valence-corrected chi connectivity index (χ2v) is 8.21. The summed E-state index contributed by atoms with van der Waals surface area (Å²) in [4.78, 5) is 21.7. The van der Waals surface area contributed by atoms with E-state index in [9.17, 15) is 4.79 Å². The molecule has 0 radical (unpaired) electrons. The van der Waals surface area contributed by atoms with Gasteiger partial charge >= 0.3 is 0 Å². The van der Waals surface area contributed by atoms with Gasteiger partial charge in [-0.25, -0.2) is 4.98 Å². The lowest BCUT2D eigenvalue weighted by molar-refractivity contribution is 0.0950. The number of piperazine rings is 1. The number of rotatable bonds is 7. The Hall–Kier alpha value is -2.55. The summed E-state index contributed by atoms with van der Waals surface area (Å²) in [5, 5.41) is 10.0. The molecule has 1 aromatic carbocycles. The quantitative estimate of drug-likeness (QED) is 0.644. The number of thiazole rings is 1. The molecular formula is C21H25N5O2S. The first-order valence-electron chi connectivity index (χ1n) is 9.79. The number of aryl methyl sites for hydroxylation is 1. The van der Waals surface area contributed by atoms with Gasteiger partial charge in [0, 0.05) is 56.3 Å². The fourth-order valence-electron chi connectivity index (χ4n) is 3.41. The van der Waals surface area contributed by atoms with Crippen LogP contribution >= 0.6 is 11.3 Å². The van der Waals surface area contributed by atoms with Crippen molar-refractivity contribution in [3.63, 3.8) is 0 Å². The number of hydrogen-bond acceptors (Lipinski definition) is 7. The lowest BCUT2D eigenvalue weighted by Crippen LogP contribution is -2.45. The zero-order valence-electron chi connectivity index (χ0n) is 16.5. The van der Waals surface area contributed by atoms with Gasteiger partial charge in [0.2, 0.25) is 0 Å². The van der Waals surface area contributed by atoms with Crippen molar-refractivity contribution in [2.24, 2.45) is 0 Å². The van der Waals surface area contributed by atoms with Crippen molar-refractivity contribution in [3.8, 4) is 0 Å². The number of aromatic nitrogens is 2. The highest BCUT2D eigenvalue weighted by Gasteiger charge is 2.19. The molecule has 0 atom stereocenters. The molecule has 0 aliphatic carbocycles. The van der Waals surface area contributed by atoms with Gasteiger partial charge in [-0.2, -0.15) is 0 Å². The van der Waals surface area contributed by atoms with Crippen LogP contribution in [-0.4, -0.2) is 52.0 Å². The largest absolute Gasteiger partial charge is 0.361 e. The molecule has 0 spiro atoms. The van der Waals surface area contributed by atoms with Crippen LogP contribution in [0.15, 0.2) is 46.3 Å². The highest BCUT2D eigenvalue weighted by atomic mass is 32.1. The van der Waals surface area contributed by atoms with Crippen molar-refractivity contribution in [2.45, 2.75) is 26.6 Å². The van der Waals surface area contributed by atoms with E-state index in [1.54, 1.807) is 11.3 Å². The van der Waals surface area contributed by atoms with Crippen LogP contribution in [0.4, 0.5) is 0 Å². The third-order valence-corrected chi connectivity index (χ3v) is 5.85. The average Bonchev–Trinajstić information content (AvgIpc) is 3.37. The molecule has 1 aliphatic rings. The van der Waals surface area contributed by atoms with Gasteiger partial charge in [0.1, 0.15) is 10.8 Å². The van der Waals surface area contributed by atoms with Gasteiger partial charge in [-0.05, 0) is 19.1 Å². The average molecular weight is 412 g/mol. The molecule has 3 heterocycles. The SMILES string of the molecule is Cc1cc(CN2CCN(Cc3csc(CNC(=O)c4ccccc4)n3)CC2)no1. The van der Waals surface area contributed by atoms with E-state index in [4.69, 9.17) is 4.52 Å². The van der Waals surface area contributed by atoms with Crippen LogP contribution in [0.5, 0.6) is 0 Å². The van der Waals surface area contributed by atoms with E-state index in [0.717, 1.165) is 61.4 Å². The monoisotopic (exact) mass is 411 g/mol. The Labute approximate surface area is 174 Å². The van der Waals surface area contributed by atoms with E-state index < -0.39 is 0 Å². The number of carbonyl (C=O) groups excluding carboxylic acids is 1. The summed E-state index contributed by atoms with van der Waals surface area (Å²) in [5.74, 6) is 0.790. The minimum Gasteiger partial charge on any atom is -0.361 e. The van der Waals surface area contributed by atoms with E-state index in [1.165, 1.54) is 0 Å². The topological polar surface area (TPSA) is 74.5 Å². The van der Waals surface area contributed by atoms with Gasteiger partial charge in [-0.1, -0.05) is 23.4 Å². The first-order chi connectivity index (χ1) is 14.2. The molecule has 29 heavy (non-hydrogen) atoms. The Bertz CT molecular complexity index is 931. The standard InChI is InChI=1S/C21H25N5O2S/c1-16-11-18(24-28-16)13-25-7-9-26(10-8-25)14-19-15-29-20(23-19)12-22-21(27)17-5-3-2-4-6-17/h2-6,11,15H,7-10,12-14H2,1H3,(H,22,27). The molecule has 3 aromatic rings. The zero-order chi connectivity index (χ0) is 20.1. The Morgan fingerprint density at radius 1 is 1.10 bits per heavy atom. The van der Waals surface area contributed by atoms with Gasteiger partial charge in [0.15, 0.2) is 0 Å². The zero-order valence-corrected chi connectivity index (χ0v) is 17.3. The van der Waals surface area contributed by atoms with Crippen molar-refractivity contribution in [3.05, 3.63) is 69.5 Å². The van der Waals surface area contributed by atoms with Gasteiger partial charge in [0.25, 0.3) is 5.91 Å². The van der Waals surface area contributed by atoms with E-state index >= 15 is 0 Å². The molecule has 0 saturated carbocycles. The Balaban J connectivity index is 1.21. The van der Waals surface area contributed by atoms with Crippen LogP contribution in [0.1, 0.15) is 32.5 Å². The van der Waals surface area contributed by atoms with Crippen molar-refractivity contribution in [2.75, 3.05) is 26.2 Å². The third kappa shape index (κ3) is 5.50. The van der Waals surface area contributed by atoms with E-state index in [2.05, 4.69) is 30.6 Å². The van der Waals surface area contributed by atoms with Gasteiger partial charge in [-0.15, -0.1) is 11.3 Å². The number of nitrogens with zero attached hydrogens (tertiary/aromatic N) is 4. The van der Waals surface area contributed by atoms with Crippen LogP contribution in [-0.2, 0) is 19.6 Å². The minimum atomic E-state index is -0.0687. The fraction of sp³-hybridized carbons (Fsp3) is 0.381. The van der Waals surface area contributed by atoms with Crippen molar-refractivity contribution < 1.29 is 9.32 Å². The summed E-state index contributed by atoms with van der Waals surface area (Å²) in [7, 11) is 0. The minimum absolute atomic E-state index is 0.0687. The molecule has 4 rings (SSSR count). The summed E-state index contributed by atoms with van der Waals surface area (Å²) in [5.41, 5.74) is 2.74.